The Kier molecular flexibility index (Phi) is 7.86. The molecule has 0 unspecified atom stereocenters. The number of nitrogens with zero attached hydrogens (tertiary/aromatic N) is 1. The van der Waals surface area contributed by atoms with Crippen LogP contribution in [-0.4, -0.2) is 30.6 Å². The summed E-state index contributed by atoms with van der Waals surface area (Å²) in [5, 5.41) is 4.86. The second kappa shape index (κ2) is 10.1. The van der Waals surface area contributed by atoms with Crippen LogP contribution in [0.15, 0.2) is 40.9 Å². The quantitative estimate of drug-likeness (QED) is 0.517. The molecule has 1 heterocycles. The van der Waals surface area contributed by atoms with E-state index in [2.05, 4.69) is 39.1 Å². The highest BCUT2D eigenvalue weighted by molar-refractivity contribution is 9.10. The molecule has 3 rings (SSSR count). The first-order valence-electron chi connectivity index (χ1n) is 9.36. The summed E-state index contributed by atoms with van der Waals surface area (Å²) < 4.78 is 7.11. The van der Waals surface area contributed by atoms with Crippen molar-refractivity contribution in [1.82, 2.24) is 10.2 Å². The number of halogens is 3. The molecule has 0 aromatic heterocycles. The third-order valence-corrected chi connectivity index (χ3v) is 6.10. The van der Waals surface area contributed by atoms with E-state index in [0.717, 1.165) is 41.0 Å². The monoisotopic (exact) mass is 470 g/mol. The maximum absolute atomic E-state index is 6.26. The zero-order valence-electron chi connectivity index (χ0n) is 15.5. The van der Waals surface area contributed by atoms with Gasteiger partial charge in [-0.1, -0.05) is 52.1 Å². The van der Waals surface area contributed by atoms with Crippen molar-refractivity contribution in [3.63, 3.8) is 0 Å². The van der Waals surface area contributed by atoms with Gasteiger partial charge in [-0.05, 0) is 56.3 Å². The van der Waals surface area contributed by atoms with Gasteiger partial charge in [-0.3, -0.25) is 4.90 Å². The number of rotatable bonds is 8. The second-order valence-electron chi connectivity index (χ2n) is 6.83. The largest absolute Gasteiger partial charge is 0.489 e. The molecule has 1 saturated heterocycles. The Hall–Kier alpha value is -0.780. The van der Waals surface area contributed by atoms with E-state index in [1.165, 1.54) is 19.4 Å². The first-order valence-corrected chi connectivity index (χ1v) is 10.9. The minimum atomic E-state index is 0.414. The van der Waals surface area contributed by atoms with E-state index >= 15 is 0 Å². The summed E-state index contributed by atoms with van der Waals surface area (Å²) in [5.41, 5.74) is 2.06. The average Bonchev–Trinajstić information content (AvgIpc) is 3.10. The fourth-order valence-corrected chi connectivity index (χ4v) is 4.41. The first kappa shape index (κ1) is 20.9. The van der Waals surface area contributed by atoms with Crippen molar-refractivity contribution in [3.8, 4) is 5.75 Å². The van der Waals surface area contributed by atoms with Gasteiger partial charge in [0.05, 0.1) is 0 Å². The molecule has 3 nitrogen and oxygen atoms in total. The van der Waals surface area contributed by atoms with Crippen molar-refractivity contribution in [2.75, 3.05) is 19.6 Å². The molecule has 1 aliphatic rings. The van der Waals surface area contributed by atoms with Crippen LogP contribution in [-0.2, 0) is 13.2 Å². The van der Waals surface area contributed by atoms with E-state index < -0.39 is 0 Å². The summed E-state index contributed by atoms with van der Waals surface area (Å²) in [6.07, 6.45) is 2.57. The van der Waals surface area contributed by atoms with Crippen molar-refractivity contribution in [3.05, 3.63) is 62.0 Å². The predicted octanol–water partition coefficient (Wildman–Crippen LogP) is 5.91. The van der Waals surface area contributed by atoms with E-state index in [1.54, 1.807) is 6.07 Å². The highest BCUT2D eigenvalue weighted by Gasteiger charge is 2.22. The van der Waals surface area contributed by atoms with Crippen LogP contribution < -0.4 is 10.1 Å². The Bertz CT molecular complexity index is 772. The lowest BCUT2D eigenvalue weighted by Gasteiger charge is -2.23. The fraction of sp³-hybridized carbons (Fsp3) is 0.429. The Balaban J connectivity index is 1.60. The van der Waals surface area contributed by atoms with E-state index in [0.29, 0.717) is 22.7 Å². The normalized spacial score (nSPS) is 17.4. The maximum Gasteiger partial charge on any atom is 0.124 e. The molecule has 0 bridgehead atoms. The van der Waals surface area contributed by atoms with Gasteiger partial charge in [0.15, 0.2) is 0 Å². The molecule has 0 amide bonds. The van der Waals surface area contributed by atoms with E-state index in [-0.39, 0.29) is 0 Å². The summed E-state index contributed by atoms with van der Waals surface area (Å²) >= 11 is 15.8. The first-order chi connectivity index (χ1) is 13.1. The average molecular weight is 472 g/mol. The van der Waals surface area contributed by atoms with Gasteiger partial charge in [0.2, 0.25) is 0 Å². The molecular weight excluding hydrogens is 447 g/mol. The molecule has 2 aromatic rings. The molecule has 1 fully saturated rings. The molecule has 146 valence electrons. The Labute approximate surface area is 180 Å². The summed E-state index contributed by atoms with van der Waals surface area (Å²) in [7, 11) is 0. The fourth-order valence-electron chi connectivity index (χ4n) is 3.54. The van der Waals surface area contributed by atoms with Gasteiger partial charge in [-0.25, -0.2) is 0 Å². The zero-order chi connectivity index (χ0) is 19.2. The van der Waals surface area contributed by atoms with Gasteiger partial charge in [-0.2, -0.15) is 0 Å². The molecule has 0 aliphatic carbocycles. The van der Waals surface area contributed by atoms with E-state index in [4.69, 9.17) is 27.9 Å². The second-order valence-corrected chi connectivity index (χ2v) is 8.59. The van der Waals surface area contributed by atoms with Crippen molar-refractivity contribution < 1.29 is 4.74 Å². The van der Waals surface area contributed by atoms with Crippen molar-refractivity contribution in [2.45, 2.75) is 39.0 Å². The summed E-state index contributed by atoms with van der Waals surface area (Å²) in [5.74, 6) is 0.871. The van der Waals surface area contributed by atoms with Gasteiger partial charge in [-0.15, -0.1) is 0 Å². The molecule has 0 radical (unpaired) electrons. The van der Waals surface area contributed by atoms with Crippen LogP contribution in [0.25, 0.3) is 0 Å². The van der Waals surface area contributed by atoms with Gasteiger partial charge in [0.1, 0.15) is 12.4 Å². The number of hydrogen-bond donors (Lipinski definition) is 1. The van der Waals surface area contributed by atoms with Gasteiger partial charge in [0, 0.05) is 44.8 Å². The number of ether oxygens (including phenoxy) is 1. The SMILES string of the molecule is CCN1CCC[C@@H]1CNCc1cc(Br)ccc1OCc1ccc(Cl)cc1Cl. The lowest BCUT2D eigenvalue weighted by molar-refractivity contribution is 0.259. The zero-order valence-corrected chi connectivity index (χ0v) is 18.6. The third-order valence-electron chi connectivity index (χ3n) is 5.02. The smallest absolute Gasteiger partial charge is 0.124 e. The molecule has 27 heavy (non-hydrogen) atoms. The lowest BCUT2D eigenvalue weighted by Crippen LogP contribution is -2.37. The topological polar surface area (TPSA) is 24.5 Å². The molecule has 1 aliphatic heterocycles. The van der Waals surface area contributed by atoms with Crippen molar-refractivity contribution in [1.29, 1.82) is 0 Å². The standard InChI is InChI=1S/C21H25BrCl2N2O/c1-2-26-9-3-4-19(26)13-25-12-16-10-17(22)6-8-21(16)27-14-15-5-7-18(23)11-20(15)24/h5-8,10-11,19,25H,2-4,9,12-14H2,1H3/t19-/m1/s1. The molecular formula is C21H25BrCl2N2O. The molecule has 1 atom stereocenters. The van der Waals surface area contributed by atoms with Crippen molar-refractivity contribution in [2.24, 2.45) is 0 Å². The molecule has 1 N–H and O–H groups in total. The molecule has 2 aromatic carbocycles. The van der Waals surface area contributed by atoms with Crippen LogP contribution in [0.4, 0.5) is 0 Å². The number of nitrogens with one attached hydrogen (secondary N) is 1. The van der Waals surface area contributed by atoms with Crippen LogP contribution in [0.3, 0.4) is 0 Å². The summed E-state index contributed by atoms with van der Waals surface area (Å²) in [6.45, 7) is 6.77. The molecule has 0 saturated carbocycles. The Morgan fingerprint density at radius 1 is 1.19 bits per heavy atom. The van der Waals surface area contributed by atoms with Crippen LogP contribution in [0, 0.1) is 0 Å². The number of benzene rings is 2. The van der Waals surface area contributed by atoms with Crippen LogP contribution >= 0.6 is 39.1 Å². The highest BCUT2D eigenvalue weighted by atomic mass is 79.9. The third kappa shape index (κ3) is 5.85. The Morgan fingerprint density at radius 2 is 2.04 bits per heavy atom. The summed E-state index contributed by atoms with van der Waals surface area (Å²) in [4.78, 5) is 2.55. The Morgan fingerprint density at radius 3 is 2.81 bits per heavy atom. The van der Waals surface area contributed by atoms with Gasteiger partial charge >= 0.3 is 0 Å². The van der Waals surface area contributed by atoms with Gasteiger partial charge in [0.25, 0.3) is 0 Å². The van der Waals surface area contributed by atoms with Crippen LogP contribution in [0.5, 0.6) is 5.75 Å². The number of likely N-dealkylation sites (N-methyl/N-ethyl adjacent to an activating group) is 1. The summed E-state index contributed by atoms with van der Waals surface area (Å²) in [6, 6.07) is 12.2. The maximum atomic E-state index is 6.26. The van der Waals surface area contributed by atoms with Gasteiger partial charge < -0.3 is 10.1 Å². The van der Waals surface area contributed by atoms with Crippen LogP contribution in [0.2, 0.25) is 10.0 Å². The number of likely N-dealkylation sites (tertiary alicyclic amines) is 1. The lowest BCUT2D eigenvalue weighted by atomic mass is 10.1. The minimum Gasteiger partial charge on any atom is -0.489 e. The molecule has 0 spiro atoms. The number of hydrogen-bond acceptors (Lipinski definition) is 3. The highest BCUT2D eigenvalue weighted by Crippen LogP contribution is 2.27. The van der Waals surface area contributed by atoms with Crippen molar-refractivity contribution >= 4 is 39.1 Å². The van der Waals surface area contributed by atoms with E-state index in [1.807, 2.05) is 24.3 Å². The predicted molar refractivity (Wildman–Crippen MR) is 117 cm³/mol. The minimum absolute atomic E-state index is 0.414. The molecule has 6 heteroatoms. The van der Waals surface area contributed by atoms with E-state index in [9.17, 15) is 0 Å². The van der Waals surface area contributed by atoms with Crippen LogP contribution in [0.1, 0.15) is 30.9 Å².